The fourth-order valence-corrected chi connectivity index (χ4v) is 4.33. The van der Waals surface area contributed by atoms with Crippen LogP contribution >= 0.6 is 0 Å². The van der Waals surface area contributed by atoms with E-state index in [4.69, 9.17) is 4.74 Å². The highest BCUT2D eigenvalue weighted by molar-refractivity contribution is 5.88. The van der Waals surface area contributed by atoms with Gasteiger partial charge in [0.2, 0.25) is 17.5 Å². The molecule has 4 rings (SSSR count). The topological polar surface area (TPSA) is 140 Å². The molecule has 0 unspecified atom stereocenters. The predicted octanol–water partition coefficient (Wildman–Crippen LogP) is 3.05. The maximum absolute atomic E-state index is 13.3. The summed E-state index contributed by atoms with van der Waals surface area (Å²) in [6.07, 6.45) is 2.18. The van der Waals surface area contributed by atoms with Gasteiger partial charge in [-0.2, -0.15) is 0 Å². The molecule has 0 spiro atoms. The number of hydrogen-bond donors (Lipinski definition) is 2. The molecule has 11 heteroatoms. The fraction of sp³-hybridized carbons (Fsp3) is 0.280. The van der Waals surface area contributed by atoms with Crippen molar-refractivity contribution in [1.29, 1.82) is 0 Å². The van der Waals surface area contributed by atoms with Crippen LogP contribution in [-0.2, 0) is 14.3 Å². The zero-order valence-electron chi connectivity index (χ0n) is 19.7. The number of piperidine rings is 1. The Kier molecular flexibility index (Phi) is 7.69. The Morgan fingerprint density at radius 2 is 1.61 bits per heavy atom. The Morgan fingerprint density at radius 3 is 2.14 bits per heavy atom. The standard InChI is InChI=1S/C25H26N6O5/c1-36-25(33)19-12-14-30(15-13-19)23-21(31(34)35)22(26-16-27-23)28-29-24(32)20(17-8-4-2-5-9-17)18-10-6-3-7-11-18/h2-11,16,19-20H,12-15H2,1H3,(H,29,32)(H,26,27,28). The van der Waals surface area contributed by atoms with Gasteiger partial charge in [-0.1, -0.05) is 60.7 Å². The van der Waals surface area contributed by atoms with E-state index in [9.17, 15) is 19.7 Å². The van der Waals surface area contributed by atoms with Gasteiger partial charge in [-0.05, 0) is 24.0 Å². The zero-order chi connectivity index (χ0) is 25.5. The number of amides is 1. The van der Waals surface area contributed by atoms with E-state index in [1.54, 1.807) is 4.90 Å². The molecular formula is C25H26N6O5. The SMILES string of the molecule is COC(=O)C1CCN(c2ncnc(NNC(=O)C(c3ccccc3)c3ccccc3)c2[N+](=O)[O-])CC1. The number of methoxy groups -OCH3 is 1. The Bertz CT molecular complexity index is 1180. The van der Waals surface area contributed by atoms with Crippen LogP contribution in [0.3, 0.4) is 0 Å². The highest BCUT2D eigenvalue weighted by atomic mass is 16.6. The van der Waals surface area contributed by atoms with Gasteiger partial charge in [0.1, 0.15) is 6.33 Å². The van der Waals surface area contributed by atoms with Crippen molar-refractivity contribution in [3.8, 4) is 0 Å². The smallest absolute Gasteiger partial charge is 0.355 e. The number of nitrogens with zero attached hydrogens (tertiary/aromatic N) is 4. The molecule has 3 aromatic rings. The molecule has 0 saturated carbocycles. The molecule has 36 heavy (non-hydrogen) atoms. The molecule has 2 N–H and O–H groups in total. The Morgan fingerprint density at radius 1 is 1.03 bits per heavy atom. The molecule has 1 saturated heterocycles. The van der Waals surface area contributed by atoms with E-state index in [2.05, 4.69) is 20.8 Å². The van der Waals surface area contributed by atoms with Crippen LogP contribution in [0.1, 0.15) is 29.9 Å². The average Bonchev–Trinajstić information content (AvgIpc) is 2.92. The van der Waals surface area contributed by atoms with Crippen LogP contribution in [-0.4, -0.2) is 47.0 Å². The van der Waals surface area contributed by atoms with Gasteiger partial charge in [-0.25, -0.2) is 9.97 Å². The molecule has 1 aliphatic rings. The van der Waals surface area contributed by atoms with Crippen LogP contribution in [0.2, 0.25) is 0 Å². The van der Waals surface area contributed by atoms with Crippen molar-refractivity contribution in [2.45, 2.75) is 18.8 Å². The fourth-order valence-electron chi connectivity index (χ4n) is 4.33. The first kappa shape index (κ1) is 24.6. The number of hydrogen-bond acceptors (Lipinski definition) is 9. The Balaban J connectivity index is 1.54. The van der Waals surface area contributed by atoms with Gasteiger partial charge >= 0.3 is 11.7 Å². The van der Waals surface area contributed by atoms with E-state index in [0.717, 1.165) is 11.1 Å². The van der Waals surface area contributed by atoms with Crippen LogP contribution in [0.4, 0.5) is 17.3 Å². The van der Waals surface area contributed by atoms with E-state index in [0.29, 0.717) is 25.9 Å². The van der Waals surface area contributed by atoms with E-state index >= 15 is 0 Å². The number of nitrogens with one attached hydrogen (secondary N) is 2. The molecule has 186 valence electrons. The molecule has 1 amide bonds. The molecule has 0 radical (unpaired) electrons. The normalized spacial score (nSPS) is 13.8. The molecular weight excluding hydrogens is 464 g/mol. The lowest BCUT2D eigenvalue weighted by molar-refractivity contribution is -0.383. The molecule has 11 nitrogen and oxygen atoms in total. The predicted molar refractivity (Wildman–Crippen MR) is 132 cm³/mol. The van der Waals surface area contributed by atoms with Gasteiger partial charge in [0.05, 0.1) is 23.9 Å². The largest absolute Gasteiger partial charge is 0.469 e. The number of benzene rings is 2. The molecule has 0 aliphatic carbocycles. The first-order valence-corrected chi connectivity index (χ1v) is 11.5. The number of carbonyl (C=O) groups excluding carboxylic acids is 2. The van der Waals surface area contributed by atoms with E-state index in [1.807, 2.05) is 60.7 Å². The van der Waals surface area contributed by atoms with E-state index in [-0.39, 0.29) is 29.2 Å². The van der Waals surface area contributed by atoms with Crippen molar-refractivity contribution in [2.24, 2.45) is 5.92 Å². The third-order valence-corrected chi connectivity index (χ3v) is 6.15. The molecule has 0 bridgehead atoms. The minimum atomic E-state index is -0.641. The second kappa shape index (κ2) is 11.3. The van der Waals surface area contributed by atoms with Crippen LogP contribution in [0, 0.1) is 16.0 Å². The number of anilines is 2. The minimum Gasteiger partial charge on any atom is -0.469 e. The van der Waals surface area contributed by atoms with Crippen LogP contribution in [0.25, 0.3) is 0 Å². The summed E-state index contributed by atoms with van der Waals surface area (Å²) in [7, 11) is 1.34. The van der Waals surface area contributed by atoms with E-state index in [1.165, 1.54) is 13.4 Å². The number of nitro groups is 1. The lowest BCUT2D eigenvalue weighted by atomic mass is 9.91. The summed E-state index contributed by atoms with van der Waals surface area (Å²) in [5.41, 5.74) is 6.41. The van der Waals surface area contributed by atoms with Crippen molar-refractivity contribution in [1.82, 2.24) is 15.4 Å². The van der Waals surface area contributed by atoms with Crippen molar-refractivity contribution in [3.63, 3.8) is 0 Å². The second-order valence-electron chi connectivity index (χ2n) is 8.30. The van der Waals surface area contributed by atoms with Crippen molar-refractivity contribution >= 4 is 29.2 Å². The van der Waals surface area contributed by atoms with Gasteiger partial charge in [0.25, 0.3) is 0 Å². The number of aromatic nitrogens is 2. The number of hydrazine groups is 1. The summed E-state index contributed by atoms with van der Waals surface area (Å²) < 4.78 is 4.81. The van der Waals surface area contributed by atoms with Gasteiger partial charge in [-0.3, -0.25) is 30.6 Å². The zero-order valence-corrected chi connectivity index (χ0v) is 19.7. The monoisotopic (exact) mass is 490 g/mol. The second-order valence-corrected chi connectivity index (χ2v) is 8.30. The maximum Gasteiger partial charge on any atom is 0.355 e. The Labute approximate surface area is 207 Å². The number of carbonyl (C=O) groups is 2. The maximum atomic E-state index is 13.3. The number of ether oxygens (including phenoxy) is 1. The molecule has 1 aliphatic heterocycles. The summed E-state index contributed by atoms with van der Waals surface area (Å²) in [4.78, 5) is 46.4. The minimum absolute atomic E-state index is 0.123. The van der Waals surface area contributed by atoms with Gasteiger partial charge in [0, 0.05) is 13.1 Å². The van der Waals surface area contributed by atoms with Gasteiger partial charge in [0.15, 0.2) is 0 Å². The number of esters is 1. The highest BCUT2D eigenvalue weighted by Gasteiger charge is 2.32. The van der Waals surface area contributed by atoms with E-state index < -0.39 is 16.7 Å². The summed E-state index contributed by atoms with van der Waals surface area (Å²) >= 11 is 0. The first-order valence-electron chi connectivity index (χ1n) is 11.5. The third-order valence-electron chi connectivity index (χ3n) is 6.15. The van der Waals surface area contributed by atoms with Crippen molar-refractivity contribution < 1.29 is 19.2 Å². The third kappa shape index (κ3) is 5.40. The van der Waals surface area contributed by atoms with Crippen molar-refractivity contribution in [3.05, 3.63) is 88.2 Å². The number of rotatable bonds is 8. The summed E-state index contributed by atoms with van der Waals surface area (Å²) in [5.74, 6) is -1.59. The lowest BCUT2D eigenvalue weighted by Crippen LogP contribution is -2.38. The van der Waals surface area contributed by atoms with Crippen LogP contribution in [0.5, 0.6) is 0 Å². The molecule has 1 aromatic heterocycles. The summed E-state index contributed by atoms with van der Waals surface area (Å²) in [5, 5.41) is 12.0. The average molecular weight is 491 g/mol. The molecule has 1 fully saturated rings. The van der Waals surface area contributed by atoms with Gasteiger partial charge < -0.3 is 9.64 Å². The molecule has 2 aromatic carbocycles. The Hall–Kier alpha value is -4.54. The summed E-state index contributed by atoms with van der Waals surface area (Å²) in [6.45, 7) is 0.793. The lowest BCUT2D eigenvalue weighted by Gasteiger charge is -2.31. The van der Waals surface area contributed by atoms with Crippen LogP contribution in [0.15, 0.2) is 67.0 Å². The summed E-state index contributed by atoms with van der Waals surface area (Å²) in [6, 6.07) is 18.5. The highest BCUT2D eigenvalue weighted by Crippen LogP contribution is 2.34. The van der Waals surface area contributed by atoms with Gasteiger partial charge in [-0.15, -0.1) is 0 Å². The first-order chi connectivity index (χ1) is 17.5. The van der Waals surface area contributed by atoms with Crippen molar-refractivity contribution in [2.75, 3.05) is 30.5 Å². The molecule has 2 heterocycles. The molecule has 0 atom stereocenters. The van der Waals surface area contributed by atoms with Crippen LogP contribution < -0.4 is 15.8 Å². The quantitative estimate of drug-likeness (QED) is 0.277.